The van der Waals surface area contributed by atoms with Crippen LogP contribution in [0.15, 0.2) is 12.2 Å². The van der Waals surface area contributed by atoms with Gasteiger partial charge >= 0.3 is 0 Å². The first-order valence-electron chi connectivity index (χ1n) is 3.58. The molecule has 0 saturated carbocycles. The van der Waals surface area contributed by atoms with Crippen molar-refractivity contribution in [3.05, 3.63) is 12.2 Å². The minimum atomic E-state index is -0.582. The highest BCUT2D eigenvalue weighted by molar-refractivity contribution is 5.00. The van der Waals surface area contributed by atoms with Crippen molar-refractivity contribution in [2.45, 2.75) is 20.1 Å². The van der Waals surface area contributed by atoms with Crippen molar-refractivity contribution in [2.24, 2.45) is 11.8 Å². The van der Waals surface area contributed by atoms with Crippen LogP contribution < -0.4 is 0 Å². The Hall–Kier alpha value is -0.340. The summed E-state index contributed by atoms with van der Waals surface area (Å²) in [6.07, 6.45) is -0.582. The van der Waals surface area contributed by atoms with E-state index < -0.39 is 6.29 Å². The molecule has 10 heavy (non-hydrogen) atoms. The van der Waals surface area contributed by atoms with Crippen LogP contribution in [0.2, 0.25) is 0 Å². The van der Waals surface area contributed by atoms with Gasteiger partial charge in [-0.15, -0.1) is 0 Å². The fourth-order valence-electron chi connectivity index (χ4n) is 1.30. The van der Waals surface area contributed by atoms with Gasteiger partial charge in [0.1, 0.15) is 0 Å². The Morgan fingerprint density at radius 2 is 2.30 bits per heavy atom. The maximum atomic E-state index is 9.15. The van der Waals surface area contributed by atoms with E-state index in [2.05, 4.69) is 6.58 Å². The van der Waals surface area contributed by atoms with Gasteiger partial charge in [0.2, 0.25) is 0 Å². The molecule has 0 aromatic carbocycles. The summed E-state index contributed by atoms with van der Waals surface area (Å²) in [6.45, 7) is 8.41. The summed E-state index contributed by atoms with van der Waals surface area (Å²) in [5, 5.41) is 9.15. The van der Waals surface area contributed by atoms with Gasteiger partial charge in [0.05, 0.1) is 6.61 Å². The molecule has 1 saturated heterocycles. The first-order chi connectivity index (χ1) is 4.63. The largest absolute Gasteiger partial charge is 0.368 e. The molecule has 0 aromatic heterocycles. The van der Waals surface area contributed by atoms with Gasteiger partial charge in [-0.05, 0) is 6.92 Å². The second-order valence-electron chi connectivity index (χ2n) is 3.04. The second-order valence-corrected chi connectivity index (χ2v) is 3.04. The molecular weight excluding hydrogens is 128 g/mol. The van der Waals surface area contributed by atoms with E-state index in [-0.39, 0.29) is 5.92 Å². The zero-order valence-electron chi connectivity index (χ0n) is 6.50. The van der Waals surface area contributed by atoms with Gasteiger partial charge in [-0.2, -0.15) is 0 Å². The number of aliphatic hydroxyl groups excluding tert-OH is 1. The van der Waals surface area contributed by atoms with Crippen molar-refractivity contribution in [1.82, 2.24) is 0 Å². The maximum Gasteiger partial charge on any atom is 0.157 e. The summed E-state index contributed by atoms with van der Waals surface area (Å²) in [5.41, 5.74) is 1.10. The quantitative estimate of drug-likeness (QED) is 0.557. The molecule has 0 bridgehead atoms. The van der Waals surface area contributed by atoms with Crippen LogP contribution in [0.5, 0.6) is 0 Å². The van der Waals surface area contributed by atoms with Crippen LogP contribution in [-0.2, 0) is 4.74 Å². The fraction of sp³-hybridized carbons (Fsp3) is 0.750. The lowest BCUT2D eigenvalue weighted by molar-refractivity contribution is -0.0786. The summed E-state index contributed by atoms with van der Waals surface area (Å²) in [5.74, 6) is 0.549. The highest BCUT2D eigenvalue weighted by atomic mass is 16.6. The first-order valence-corrected chi connectivity index (χ1v) is 3.58. The molecule has 1 unspecified atom stereocenters. The average molecular weight is 142 g/mol. The third kappa shape index (κ3) is 1.22. The van der Waals surface area contributed by atoms with Crippen molar-refractivity contribution >= 4 is 0 Å². The summed E-state index contributed by atoms with van der Waals surface area (Å²) in [6, 6.07) is 0. The summed E-state index contributed by atoms with van der Waals surface area (Å²) < 4.78 is 5.03. The van der Waals surface area contributed by atoms with Crippen LogP contribution in [0.4, 0.5) is 0 Å². The van der Waals surface area contributed by atoms with Crippen LogP contribution >= 0.6 is 0 Å². The van der Waals surface area contributed by atoms with E-state index in [0.717, 1.165) is 5.57 Å². The van der Waals surface area contributed by atoms with Gasteiger partial charge < -0.3 is 9.84 Å². The predicted octanol–water partition coefficient (Wildman–Crippen LogP) is 1.16. The lowest BCUT2D eigenvalue weighted by Gasteiger charge is -2.13. The zero-order valence-corrected chi connectivity index (χ0v) is 6.50. The lowest BCUT2D eigenvalue weighted by atomic mass is 9.91. The Morgan fingerprint density at radius 3 is 2.50 bits per heavy atom. The summed E-state index contributed by atoms with van der Waals surface area (Å²) >= 11 is 0. The van der Waals surface area contributed by atoms with Crippen molar-refractivity contribution < 1.29 is 9.84 Å². The van der Waals surface area contributed by atoms with Gasteiger partial charge in [0, 0.05) is 11.8 Å². The van der Waals surface area contributed by atoms with Gasteiger partial charge in [-0.25, -0.2) is 0 Å². The number of rotatable bonds is 1. The molecule has 1 heterocycles. The topological polar surface area (TPSA) is 29.5 Å². The van der Waals surface area contributed by atoms with E-state index in [1.807, 2.05) is 13.8 Å². The number of hydrogen-bond acceptors (Lipinski definition) is 2. The molecule has 1 fully saturated rings. The van der Waals surface area contributed by atoms with Crippen LogP contribution in [0.25, 0.3) is 0 Å². The maximum absolute atomic E-state index is 9.15. The normalized spacial score (nSPS) is 40.1. The van der Waals surface area contributed by atoms with Gasteiger partial charge in [-0.1, -0.05) is 19.1 Å². The second kappa shape index (κ2) is 2.72. The smallest absolute Gasteiger partial charge is 0.157 e. The third-order valence-corrected chi connectivity index (χ3v) is 2.16. The molecule has 0 amide bonds. The Morgan fingerprint density at radius 1 is 1.70 bits per heavy atom. The molecule has 1 N–H and O–H groups in total. The Balaban J connectivity index is 2.57. The monoisotopic (exact) mass is 142 g/mol. The zero-order chi connectivity index (χ0) is 7.72. The van der Waals surface area contributed by atoms with Crippen molar-refractivity contribution in [1.29, 1.82) is 0 Å². The summed E-state index contributed by atoms with van der Waals surface area (Å²) in [4.78, 5) is 0. The number of aliphatic hydroxyl groups is 1. The van der Waals surface area contributed by atoms with E-state index in [1.165, 1.54) is 0 Å². The molecule has 0 radical (unpaired) electrons. The first kappa shape index (κ1) is 7.76. The van der Waals surface area contributed by atoms with Gasteiger partial charge in [0.15, 0.2) is 6.29 Å². The number of ether oxygens (including phenoxy) is 1. The van der Waals surface area contributed by atoms with E-state index >= 15 is 0 Å². The molecule has 1 aliphatic rings. The highest BCUT2D eigenvalue weighted by Gasteiger charge is 2.32. The molecule has 0 spiro atoms. The van der Waals surface area contributed by atoms with E-state index in [0.29, 0.717) is 12.5 Å². The molecule has 0 aliphatic carbocycles. The Bertz CT molecular complexity index is 142. The summed E-state index contributed by atoms with van der Waals surface area (Å²) in [7, 11) is 0. The van der Waals surface area contributed by atoms with Crippen molar-refractivity contribution in [3.63, 3.8) is 0 Å². The van der Waals surface area contributed by atoms with Crippen LogP contribution in [0.3, 0.4) is 0 Å². The van der Waals surface area contributed by atoms with E-state index in [9.17, 15) is 0 Å². The minimum Gasteiger partial charge on any atom is -0.368 e. The van der Waals surface area contributed by atoms with E-state index in [4.69, 9.17) is 9.84 Å². The van der Waals surface area contributed by atoms with E-state index in [1.54, 1.807) is 0 Å². The standard InChI is InChI=1S/C8H14O2/c1-5(2)7-4-10-8(9)6(7)3/h6-9H,1,4H2,2-3H3/t6-,7-,8?/m0/s1. The third-order valence-electron chi connectivity index (χ3n) is 2.16. The Labute approximate surface area is 61.5 Å². The fourth-order valence-corrected chi connectivity index (χ4v) is 1.30. The van der Waals surface area contributed by atoms with Gasteiger partial charge in [-0.3, -0.25) is 0 Å². The van der Waals surface area contributed by atoms with Gasteiger partial charge in [0.25, 0.3) is 0 Å². The average Bonchev–Trinajstić information content (AvgIpc) is 2.14. The minimum absolute atomic E-state index is 0.206. The molecule has 2 nitrogen and oxygen atoms in total. The van der Waals surface area contributed by atoms with Crippen molar-refractivity contribution in [3.8, 4) is 0 Å². The van der Waals surface area contributed by atoms with Crippen LogP contribution in [-0.4, -0.2) is 18.0 Å². The van der Waals surface area contributed by atoms with Crippen LogP contribution in [0.1, 0.15) is 13.8 Å². The van der Waals surface area contributed by atoms with Crippen molar-refractivity contribution in [2.75, 3.05) is 6.61 Å². The predicted molar refractivity (Wildman–Crippen MR) is 39.4 cm³/mol. The highest BCUT2D eigenvalue weighted by Crippen LogP contribution is 2.29. The molecular formula is C8H14O2. The molecule has 1 rings (SSSR count). The molecule has 2 heteroatoms. The lowest BCUT2D eigenvalue weighted by Crippen LogP contribution is -2.16. The molecule has 58 valence electrons. The molecule has 0 aromatic rings. The Kier molecular flexibility index (Phi) is 2.11. The number of hydrogen-bond donors (Lipinski definition) is 1. The molecule has 1 aliphatic heterocycles. The SMILES string of the molecule is C=C(C)[C@@H]1COC(O)[C@H]1C. The van der Waals surface area contributed by atoms with Crippen LogP contribution in [0, 0.1) is 11.8 Å². The molecule has 3 atom stereocenters.